The van der Waals surface area contributed by atoms with E-state index in [-0.39, 0.29) is 23.9 Å². The van der Waals surface area contributed by atoms with Gasteiger partial charge in [-0.3, -0.25) is 0 Å². The van der Waals surface area contributed by atoms with E-state index >= 15 is 0 Å². The van der Waals surface area contributed by atoms with Gasteiger partial charge in [-0.25, -0.2) is 18.4 Å². The monoisotopic (exact) mass is 379 g/mol. The Morgan fingerprint density at radius 1 is 1.33 bits per heavy atom. The first-order valence-corrected chi connectivity index (χ1v) is 8.39. The third kappa shape index (κ3) is 3.94. The van der Waals surface area contributed by atoms with Gasteiger partial charge in [0.2, 0.25) is 0 Å². The first-order valence-electron chi connectivity index (χ1n) is 8.39. The maximum Gasteiger partial charge on any atom is 0.410 e. The molecule has 0 saturated carbocycles. The molecule has 0 radical (unpaired) electrons. The largest absolute Gasteiger partial charge is 0.466 e. The van der Waals surface area contributed by atoms with Gasteiger partial charge in [-0.05, 0) is 19.4 Å². The summed E-state index contributed by atoms with van der Waals surface area (Å²) in [5.74, 6) is -2.44. The zero-order chi connectivity index (χ0) is 19.6. The third-order valence-corrected chi connectivity index (χ3v) is 4.76. The normalized spacial score (nSPS) is 23.5. The lowest BCUT2D eigenvalue weighted by atomic mass is 9.84. The highest BCUT2D eigenvalue weighted by molar-refractivity contribution is 5.89. The van der Waals surface area contributed by atoms with Crippen molar-refractivity contribution in [1.29, 1.82) is 0 Å². The summed E-state index contributed by atoms with van der Waals surface area (Å²) in [5.41, 5.74) is 1.46. The van der Waals surface area contributed by atoms with Crippen LogP contribution in [-0.2, 0) is 25.5 Å². The number of hydrogen-bond donors (Lipinski definition) is 1. The van der Waals surface area contributed by atoms with Crippen LogP contribution in [0.2, 0.25) is 0 Å². The lowest BCUT2D eigenvalue weighted by Gasteiger charge is -2.33. The lowest BCUT2D eigenvalue weighted by Crippen LogP contribution is -2.40. The SMILES string of the molecule is COC(=O)C1=COC(OC(=O)NCc2ccc(F)cc2F)C2C(C)=CCC12. The Hall–Kier alpha value is -2.90. The predicted molar refractivity (Wildman–Crippen MR) is 90.0 cm³/mol. The van der Waals surface area contributed by atoms with Crippen molar-refractivity contribution < 1.29 is 32.6 Å². The molecular formula is C19H19F2NO5. The minimum Gasteiger partial charge on any atom is -0.466 e. The van der Waals surface area contributed by atoms with Gasteiger partial charge >= 0.3 is 12.1 Å². The zero-order valence-electron chi connectivity index (χ0n) is 14.8. The molecule has 0 saturated heterocycles. The van der Waals surface area contributed by atoms with E-state index in [4.69, 9.17) is 14.2 Å². The fraction of sp³-hybridized carbons (Fsp3) is 0.368. The molecule has 3 unspecified atom stereocenters. The van der Waals surface area contributed by atoms with Crippen molar-refractivity contribution in [2.75, 3.05) is 7.11 Å². The molecule has 0 aromatic heterocycles. The van der Waals surface area contributed by atoms with Gasteiger partial charge in [-0.2, -0.15) is 0 Å². The average Bonchev–Trinajstić information content (AvgIpc) is 3.03. The molecule has 2 aliphatic rings. The molecule has 1 aliphatic carbocycles. The maximum atomic E-state index is 13.6. The number of methoxy groups -OCH3 is 1. The molecule has 1 aromatic carbocycles. The van der Waals surface area contributed by atoms with Crippen molar-refractivity contribution in [2.24, 2.45) is 11.8 Å². The van der Waals surface area contributed by atoms with Gasteiger partial charge in [0, 0.05) is 24.1 Å². The number of ether oxygens (including phenoxy) is 3. The second kappa shape index (κ2) is 7.77. The first-order chi connectivity index (χ1) is 12.9. The number of hydrogen-bond acceptors (Lipinski definition) is 5. The minimum atomic E-state index is -0.916. The molecule has 3 rings (SSSR count). The number of carbonyl (C=O) groups excluding carboxylic acids is 2. The van der Waals surface area contributed by atoms with Crippen LogP contribution in [0.25, 0.3) is 0 Å². The molecule has 27 heavy (non-hydrogen) atoms. The number of nitrogens with one attached hydrogen (secondary N) is 1. The molecule has 6 nitrogen and oxygen atoms in total. The Bertz CT molecular complexity index is 820. The molecule has 144 valence electrons. The number of carbonyl (C=O) groups is 2. The fourth-order valence-corrected chi connectivity index (χ4v) is 3.35. The topological polar surface area (TPSA) is 73.9 Å². The molecule has 1 aromatic rings. The van der Waals surface area contributed by atoms with Crippen LogP contribution in [0, 0.1) is 23.5 Å². The van der Waals surface area contributed by atoms with Gasteiger partial charge < -0.3 is 19.5 Å². The van der Waals surface area contributed by atoms with E-state index in [0.29, 0.717) is 12.0 Å². The molecule has 0 spiro atoms. The number of alkyl carbamates (subject to hydrolysis) is 1. The highest BCUT2D eigenvalue weighted by atomic mass is 19.1. The summed E-state index contributed by atoms with van der Waals surface area (Å²) >= 11 is 0. The number of amides is 1. The Morgan fingerprint density at radius 3 is 2.81 bits per heavy atom. The van der Waals surface area contributed by atoms with Crippen molar-refractivity contribution >= 4 is 12.1 Å². The van der Waals surface area contributed by atoms with Crippen LogP contribution in [0.15, 0.2) is 41.7 Å². The van der Waals surface area contributed by atoms with E-state index in [1.165, 1.54) is 19.4 Å². The Balaban J connectivity index is 1.64. The third-order valence-electron chi connectivity index (χ3n) is 4.76. The summed E-state index contributed by atoms with van der Waals surface area (Å²) in [4.78, 5) is 24.0. The molecule has 0 fully saturated rings. The Morgan fingerprint density at radius 2 is 2.11 bits per heavy atom. The van der Waals surface area contributed by atoms with Gasteiger partial charge in [0.25, 0.3) is 6.29 Å². The van der Waals surface area contributed by atoms with E-state index in [2.05, 4.69) is 5.32 Å². The maximum absolute atomic E-state index is 13.6. The van der Waals surface area contributed by atoms with Crippen LogP contribution in [0.1, 0.15) is 18.9 Å². The van der Waals surface area contributed by atoms with Crippen LogP contribution in [-0.4, -0.2) is 25.5 Å². The first kappa shape index (κ1) is 18.9. The molecule has 1 heterocycles. The molecule has 8 heteroatoms. The van der Waals surface area contributed by atoms with Crippen LogP contribution >= 0.6 is 0 Å². The van der Waals surface area contributed by atoms with E-state index in [1.807, 2.05) is 13.0 Å². The van der Waals surface area contributed by atoms with Gasteiger partial charge in [-0.1, -0.05) is 17.7 Å². The summed E-state index contributed by atoms with van der Waals surface area (Å²) in [5, 5.41) is 2.41. The number of allylic oxidation sites excluding steroid dienone is 1. The van der Waals surface area contributed by atoms with Crippen LogP contribution in [0.4, 0.5) is 13.6 Å². The summed E-state index contributed by atoms with van der Waals surface area (Å²) in [6.07, 6.45) is 2.11. The molecule has 0 bridgehead atoms. The zero-order valence-corrected chi connectivity index (χ0v) is 14.8. The van der Waals surface area contributed by atoms with Gasteiger partial charge in [-0.15, -0.1) is 0 Å². The van der Waals surface area contributed by atoms with Crippen LogP contribution in [0.5, 0.6) is 0 Å². The molecule has 1 aliphatic heterocycles. The van der Waals surface area contributed by atoms with E-state index in [9.17, 15) is 18.4 Å². The number of esters is 1. The van der Waals surface area contributed by atoms with Crippen LogP contribution < -0.4 is 5.32 Å². The Labute approximate surface area is 154 Å². The number of fused-ring (bicyclic) bond motifs is 1. The minimum absolute atomic E-state index is 0.126. The van der Waals surface area contributed by atoms with Gasteiger partial charge in [0.15, 0.2) is 0 Å². The molecule has 3 atom stereocenters. The van der Waals surface area contributed by atoms with Crippen molar-refractivity contribution in [1.82, 2.24) is 5.32 Å². The summed E-state index contributed by atoms with van der Waals surface area (Å²) in [6, 6.07) is 3.09. The van der Waals surface area contributed by atoms with Crippen molar-refractivity contribution in [3.8, 4) is 0 Å². The van der Waals surface area contributed by atoms with E-state index < -0.39 is 30.0 Å². The van der Waals surface area contributed by atoms with Crippen LogP contribution in [0.3, 0.4) is 0 Å². The van der Waals surface area contributed by atoms with E-state index in [0.717, 1.165) is 17.7 Å². The average molecular weight is 379 g/mol. The number of halogens is 2. The summed E-state index contributed by atoms with van der Waals surface area (Å²) in [7, 11) is 1.29. The second-order valence-electron chi connectivity index (χ2n) is 6.38. The molecule has 1 amide bonds. The highest BCUT2D eigenvalue weighted by Crippen LogP contribution is 2.43. The lowest BCUT2D eigenvalue weighted by molar-refractivity contribution is -0.141. The summed E-state index contributed by atoms with van der Waals surface area (Å²) in [6.45, 7) is 1.71. The van der Waals surface area contributed by atoms with Crippen molar-refractivity contribution in [3.05, 3.63) is 58.9 Å². The van der Waals surface area contributed by atoms with E-state index in [1.54, 1.807) is 0 Å². The smallest absolute Gasteiger partial charge is 0.410 e. The fourth-order valence-electron chi connectivity index (χ4n) is 3.35. The molecule has 1 N–H and O–H groups in total. The highest BCUT2D eigenvalue weighted by Gasteiger charge is 2.44. The second-order valence-corrected chi connectivity index (χ2v) is 6.38. The summed E-state index contributed by atoms with van der Waals surface area (Å²) < 4.78 is 42.1. The number of rotatable bonds is 4. The molecular weight excluding hydrogens is 360 g/mol. The van der Waals surface area contributed by atoms with Gasteiger partial charge in [0.1, 0.15) is 11.6 Å². The quantitative estimate of drug-likeness (QED) is 0.643. The van der Waals surface area contributed by atoms with Crippen molar-refractivity contribution in [3.63, 3.8) is 0 Å². The Kier molecular flexibility index (Phi) is 5.43. The predicted octanol–water partition coefficient (Wildman–Crippen LogP) is 3.19. The standard InChI is InChI=1S/C19H19F2NO5/c1-10-3-6-13-14(17(23)25-2)9-26-18(16(10)13)27-19(24)22-8-11-4-5-12(20)7-15(11)21/h3-5,7,9,13,16,18H,6,8H2,1-2H3,(H,22,24). The number of benzene rings is 1. The van der Waals surface area contributed by atoms with Gasteiger partial charge in [0.05, 0.1) is 24.9 Å². The van der Waals surface area contributed by atoms with Crippen molar-refractivity contribution in [2.45, 2.75) is 26.2 Å².